The molecule has 1 atom stereocenters. The van der Waals surface area contributed by atoms with Crippen LogP contribution in [0, 0.1) is 23.2 Å². The lowest BCUT2D eigenvalue weighted by atomic mass is 9.48. The number of rotatable bonds is 6. The first-order chi connectivity index (χ1) is 10.3. The first kappa shape index (κ1) is 14.3. The maximum absolute atomic E-state index is 3.86. The zero-order valence-electron chi connectivity index (χ0n) is 13.3. The molecule has 1 aromatic rings. The summed E-state index contributed by atoms with van der Waals surface area (Å²) in [5.41, 5.74) is 0.685. The van der Waals surface area contributed by atoms with Crippen LogP contribution >= 0.6 is 11.3 Å². The van der Waals surface area contributed by atoms with Crippen molar-refractivity contribution in [1.82, 2.24) is 5.32 Å². The summed E-state index contributed by atoms with van der Waals surface area (Å²) in [6, 6.07) is 5.18. The second-order valence-corrected chi connectivity index (χ2v) is 9.12. The molecule has 4 fully saturated rings. The fourth-order valence-electron chi connectivity index (χ4n) is 6.05. The number of nitrogens with one attached hydrogen (secondary N) is 1. The third-order valence-electron chi connectivity index (χ3n) is 6.33. The van der Waals surface area contributed by atoms with Crippen LogP contribution in [0.15, 0.2) is 17.5 Å². The van der Waals surface area contributed by atoms with Gasteiger partial charge in [-0.1, -0.05) is 13.0 Å². The lowest BCUT2D eigenvalue weighted by Crippen LogP contribution is -2.47. The minimum atomic E-state index is 0.612. The van der Waals surface area contributed by atoms with Gasteiger partial charge in [0.25, 0.3) is 0 Å². The summed E-state index contributed by atoms with van der Waals surface area (Å²) in [5, 5.41) is 6.10. The largest absolute Gasteiger partial charge is 0.309 e. The molecule has 0 aliphatic heterocycles. The maximum Gasteiger partial charge on any atom is 0.0420 e. The summed E-state index contributed by atoms with van der Waals surface area (Å²) >= 11 is 1.95. The van der Waals surface area contributed by atoms with E-state index in [0.717, 1.165) is 24.3 Å². The zero-order chi connectivity index (χ0) is 14.3. The first-order valence-corrected chi connectivity index (χ1v) is 9.91. The van der Waals surface area contributed by atoms with E-state index in [-0.39, 0.29) is 0 Å². The van der Waals surface area contributed by atoms with Crippen molar-refractivity contribution in [2.24, 2.45) is 23.2 Å². The van der Waals surface area contributed by atoms with E-state index < -0.39 is 0 Å². The molecule has 4 saturated carbocycles. The van der Waals surface area contributed by atoms with E-state index in [1.54, 1.807) is 24.1 Å². The monoisotopic (exact) mass is 303 g/mol. The average molecular weight is 304 g/mol. The van der Waals surface area contributed by atoms with Crippen LogP contribution in [0.2, 0.25) is 0 Å². The molecule has 0 radical (unpaired) electrons. The quantitative estimate of drug-likeness (QED) is 0.742. The Morgan fingerprint density at radius 2 is 1.86 bits per heavy atom. The van der Waals surface area contributed by atoms with Crippen molar-refractivity contribution in [3.63, 3.8) is 0 Å². The predicted molar refractivity (Wildman–Crippen MR) is 90.6 cm³/mol. The lowest BCUT2D eigenvalue weighted by molar-refractivity contribution is -0.0621. The minimum absolute atomic E-state index is 0.612. The molecule has 21 heavy (non-hydrogen) atoms. The van der Waals surface area contributed by atoms with Crippen molar-refractivity contribution in [1.29, 1.82) is 0 Å². The Morgan fingerprint density at radius 1 is 1.19 bits per heavy atom. The summed E-state index contributed by atoms with van der Waals surface area (Å²) in [5.74, 6) is 3.23. The SMILES string of the molecule is CCCNC(CC12CC3CC(CC(C3)C1)C2)c1cccs1. The van der Waals surface area contributed by atoms with Gasteiger partial charge in [-0.25, -0.2) is 0 Å². The van der Waals surface area contributed by atoms with Crippen molar-refractivity contribution in [2.75, 3.05) is 6.54 Å². The molecule has 4 aliphatic rings. The van der Waals surface area contributed by atoms with E-state index in [9.17, 15) is 0 Å². The van der Waals surface area contributed by atoms with E-state index in [1.165, 1.54) is 32.1 Å². The Hall–Kier alpha value is -0.340. The summed E-state index contributed by atoms with van der Waals surface area (Å²) in [6.07, 6.45) is 11.9. The number of thiophene rings is 1. The van der Waals surface area contributed by atoms with E-state index in [1.807, 2.05) is 11.3 Å². The van der Waals surface area contributed by atoms with Gasteiger partial charge in [-0.2, -0.15) is 0 Å². The predicted octanol–water partition coefficient (Wildman–Crippen LogP) is 5.40. The van der Waals surface area contributed by atoms with Crippen molar-refractivity contribution < 1.29 is 0 Å². The van der Waals surface area contributed by atoms with Gasteiger partial charge in [0.15, 0.2) is 0 Å². The van der Waals surface area contributed by atoms with Crippen LogP contribution < -0.4 is 5.32 Å². The highest BCUT2D eigenvalue weighted by Crippen LogP contribution is 2.62. The molecule has 2 heteroatoms. The van der Waals surface area contributed by atoms with Gasteiger partial charge in [-0.3, -0.25) is 0 Å². The van der Waals surface area contributed by atoms with Gasteiger partial charge in [0.2, 0.25) is 0 Å². The lowest BCUT2D eigenvalue weighted by Gasteiger charge is -2.57. The molecule has 1 nitrogen and oxygen atoms in total. The van der Waals surface area contributed by atoms with Crippen LogP contribution in [0.25, 0.3) is 0 Å². The maximum atomic E-state index is 3.86. The Bertz CT molecular complexity index is 429. The fraction of sp³-hybridized carbons (Fsp3) is 0.789. The molecule has 116 valence electrons. The minimum Gasteiger partial charge on any atom is -0.309 e. The second-order valence-electron chi connectivity index (χ2n) is 8.14. The van der Waals surface area contributed by atoms with Crippen LogP contribution in [0.1, 0.15) is 69.2 Å². The number of hydrogen-bond donors (Lipinski definition) is 1. The summed E-state index contributed by atoms with van der Waals surface area (Å²) in [6.45, 7) is 3.44. The van der Waals surface area contributed by atoms with Gasteiger partial charge < -0.3 is 5.32 Å². The van der Waals surface area contributed by atoms with Crippen LogP contribution in [-0.4, -0.2) is 6.54 Å². The van der Waals surface area contributed by atoms with Crippen molar-refractivity contribution in [2.45, 2.75) is 64.3 Å². The highest BCUT2D eigenvalue weighted by molar-refractivity contribution is 7.10. The Morgan fingerprint density at radius 3 is 2.38 bits per heavy atom. The van der Waals surface area contributed by atoms with Crippen molar-refractivity contribution in [3.8, 4) is 0 Å². The zero-order valence-corrected chi connectivity index (χ0v) is 14.1. The van der Waals surface area contributed by atoms with Gasteiger partial charge in [0, 0.05) is 10.9 Å². The molecule has 1 N–H and O–H groups in total. The Labute approximate surface area is 133 Å². The average Bonchev–Trinajstić information content (AvgIpc) is 2.96. The molecule has 5 rings (SSSR count). The number of hydrogen-bond acceptors (Lipinski definition) is 2. The molecule has 1 aromatic heterocycles. The van der Waals surface area contributed by atoms with Crippen LogP contribution in [0.4, 0.5) is 0 Å². The van der Waals surface area contributed by atoms with E-state index in [2.05, 4.69) is 29.8 Å². The third-order valence-corrected chi connectivity index (χ3v) is 7.32. The molecule has 0 saturated heterocycles. The highest BCUT2D eigenvalue weighted by Gasteiger charge is 2.51. The smallest absolute Gasteiger partial charge is 0.0420 e. The van der Waals surface area contributed by atoms with E-state index in [4.69, 9.17) is 0 Å². The molecular formula is C19H29NS. The first-order valence-electron chi connectivity index (χ1n) is 9.03. The van der Waals surface area contributed by atoms with Crippen molar-refractivity contribution >= 4 is 11.3 Å². The van der Waals surface area contributed by atoms with Crippen molar-refractivity contribution in [3.05, 3.63) is 22.4 Å². The normalized spacial score (nSPS) is 38.8. The van der Waals surface area contributed by atoms with Crippen LogP contribution in [0.3, 0.4) is 0 Å². The summed E-state index contributed by atoms with van der Waals surface area (Å²) in [4.78, 5) is 1.57. The molecule has 1 unspecified atom stereocenters. The molecule has 0 spiro atoms. The van der Waals surface area contributed by atoms with Gasteiger partial charge >= 0.3 is 0 Å². The van der Waals surface area contributed by atoms with Gasteiger partial charge in [-0.15, -0.1) is 11.3 Å². The third kappa shape index (κ3) is 2.82. The van der Waals surface area contributed by atoms with Gasteiger partial charge in [0.05, 0.1) is 0 Å². The summed E-state index contributed by atoms with van der Waals surface area (Å²) < 4.78 is 0. The molecule has 0 amide bonds. The van der Waals surface area contributed by atoms with Crippen LogP contribution in [-0.2, 0) is 0 Å². The Kier molecular flexibility index (Phi) is 3.87. The standard InChI is InChI=1S/C19H29NS/c1-2-5-20-17(18-4-3-6-21-18)13-19-10-14-7-15(11-19)9-16(8-14)12-19/h3-4,6,14-17,20H,2,5,7-13H2,1H3. The Balaban J connectivity index is 1.52. The van der Waals surface area contributed by atoms with E-state index in [0.29, 0.717) is 11.5 Å². The molecule has 1 heterocycles. The molecular weight excluding hydrogens is 274 g/mol. The summed E-state index contributed by atoms with van der Waals surface area (Å²) in [7, 11) is 0. The second kappa shape index (κ2) is 5.70. The highest BCUT2D eigenvalue weighted by atomic mass is 32.1. The molecule has 4 aliphatic carbocycles. The van der Waals surface area contributed by atoms with Gasteiger partial charge in [0.1, 0.15) is 0 Å². The topological polar surface area (TPSA) is 12.0 Å². The molecule has 0 aromatic carbocycles. The molecule has 4 bridgehead atoms. The van der Waals surface area contributed by atoms with Crippen LogP contribution in [0.5, 0.6) is 0 Å². The van der Waals surface area contributed by atoms with Gasteiger partial charge in [-0.05, 0) is 92.5 Å². The fourth-order valence-corrected chi connectivity index (χ4v) is 6.86. The van der Waals surface area contributed by atoms with E-state index >= 15 is 0 Å².